The topological polar surface area (TPSA) is 105 Å². The minimum atomic E-state index is -0.988. The number of rotatable bonds is 4. The van der Waals surface area contributed by atoms with E-state index in [1.165, 1.54) is 0 Å². The van der Waals surface area contributed by atoms with Crippen LogP contribution < -0.4 is 10.6 Å². The number of carbonyl (C=O) groups excluding carboxylic acids is 2. The van der Waals surface area contributed by atoms with Crippen molar-refractivity contribution in [2.75, 3.05) is 12.4 Å². The van der Waals surface area contributed by atoms with Crippen molar-refractivity contribution in [2.45, 2.75) is 44.4 Å². The lowest BCUT2D eigenvalue weighted by molar-refractivity contribution is -0.0477. The summed E-state index contributed by atoms with van der Waals surface area (Å²) in [5.41, 5.74) is 2.96. The summed E-state index contributed by atoms with van der Waals surface area (Å²) in [6.45, 7) is 0.685. The number of hydrogen-bond acceptors (Lipinski definition) is 5. The smallest absolute Gasteiger partial charge is 0.321 e. The van der Waals surface area contributed by atoms with Gasteiger partial charge in [-0.15, -0.1) is 0 Å². The lowest BCUT2D eigenvalue weighted by Crippen LogP contribution is -2.56. The number of nitrogens with zero attached hydrogens (tertiary/aromatic N) is 2. The number of aliphatic hydroxyl groups is 2. The van der Waals surface area contributed by atoms with E-state index in [4.69, 9.17) is 11.6 Å². The van der Waals surface area contributed by atoms with Gasteiger partial charge in [-0.2, -0.15) is 0 Å². The average Bonchev–Trinajstić information content (AvgIpc) is 3.07. The number of benzene rings is 2. The van der Waals surface area contributed by atoms with Gasteiger partial charge in [-0.05, 0) is 54.3 Å². The van der Waals surface area contributed by atoms with Crippen LogP contribution in [0, 0.1) is 0 Å². The molecule has 0 radical (unpaired) electrons. The highest BCUT2D eigenvalue weighted by Crippen LogP contribution is 2.31. The van der Waals surface area contributed by atoms with Crippen LogP contribution in [0.5, 0.6) is 0 Å². The molecule has 4 rings (SSSR count). The van der Waals surface area contributed by atoms with Crippen LogP contribution in [0.3, 0.4) is 0 Å². The molecule has 1 fully saturated rings. The van der Waals surface area contributed by atoms with E-state index in [0.717, 1.165) is 11.1 Å². The first-order chi connectivity index (χ1) is 14.8. The Morgan fingerprint density at radius 2 is 1.97 bits per heavy atom. The van der Waals surface area contributed by atoms with Crippen molar-refractivity contribution in [2.24, 2.45) is 0 Å². The maximum atomic E-state index is 13.0. The number of halogens is 1. The van der Waals surface area contributed by atoms with Crippen molar-refractivity contribution in [1.82, 2.24) is 15.1 Å². The van der Waals surface area contributed by atoms with Crippen LogP contribution in [0.2, 0.25) is 5.02 Å². The van der Waals surface area contributed by atoms with E-state index in [-0.39, 0.29) is 11.9 Å². The van der Waals surface area contributed by atoms with Crippen LogP contribution in [0.15, 0.2) is 42.5 Å². The van der Waals surface area contributed by atoms with Gasteiger partial charge in [0.1, 0.15) is 12.5 Å². The molecule has 0 saturated carbocycles. The van der Waals surface area contributed by atoms with E-state index in [9.17, 15) is 19.8 Å². The van der Waals surface area contributed by atoms with Crippen molar-refractivity contribution in [3.05, 3.63) is 64.2 Å². The van der Waals surface area contributed by atoms with Crippen LogP contribution in [-0.2, 0) is 13.1 Å². The maximum absolute atomic E-state index is 13.0. The number of hydrogen-bond donors (Lipinski definition) is 4. The van der Waals surface area contributed by atoms with Gasteiger partial charge in [0, 0.05) is 36.4 Å². The Bertz CT molecular complexity index is 984. The SMILES string of the molecule is CN(Cc1cccc2c1CN(C1CCC(O)NC1O)C2=O)C(=O)Nc1ccc(Cl)cc1. The van der Waals surface area contributed by atoms with Crippen molar-refractivity contribution in [1.29, 1.82) is 0 Å². The van der Waals surface area contributed by atoms with Crippen LogP contribution in [-0.4, -0.2) is 57.5 Å². The van der Waals surface area contributed by atoms with Gasteiger partial charge in [-0.3, -0.25) is 10.1 Å². The number of carbonyl (C=O) groups is 2. The number of amides is 3. The summed E-state index contributed by atoms with van der Waals surface area (Å²) in [6, 6.07) is 11.7. The summed E-state index contributed by atoms with van der Waals surface area (Å²) in [5, 5.41) is 26.1. The second-order valence-electron chi connectivity index (χ2n) is 7.94. The molecule has 1 saturated heterocycles. The standard InChI is InChI=1S/C22H25ClN4O4/c1-26(22(31)24-15-7-5-14(23)6-8-15)11-13-3-2-4-16-17(13)12-27(21(16)30)18-9-10-19(28)25-20(18)29/h2-8,18-20,25,28-29H,9-12H2,1H3,(H,24,31). The highest BCUT2D eigenvalue weighted by molar-refractivity contribution is 6.30. The molecule has 31 heavy (non-hydrogen) atoms. The van der Waals surface area contributed by atoms with Gasteiger partial charge in [0.25, 0.3) is 5.91 Å². The van der Waals surface area contributed by atoms with Gasteiger partial charge >= 0.3 is 6.03 Å². The third kappa shape index (κ3) is 4.52. The molecule has 2 heterocycles. The fraction of sp³-hybridized carbons (Fsp3) is 0.364. The van der Waals surface area contributed by atoms with Crippen molar-refractivity contribution < 1.29 is 19.8 Å². The quantitative estimate of drug-likeness (QED) is 0.579. The number of aliphatic hydroxyl groups excluding tert-OH is 2. The molecule has 0 bridgehead atoms. The molecule has 9 heteroatoms. The summed E-state index contributed by atoms with van der Waals surface area (Å²) in [4.78, 5) is 28.8. The summed E-state index contributed by atoms with van der Waals surface area (Å²) in [5.74, 6) is -0.146. The monoisotopic (exact) mass is 444 g/mol. The molecule has 4 N–H and O–H groups in total. The van der Waals surface area contributed by atoms with E-state index in [1.54, 1.807) is 53.2 Å². The van der Waals surface area contributed by atoms with E-state index in [2.05, 4.69) is 10.6 Å². The highest BCUT2D eigenvalue weighted by atomic mass is 35.5. The minimum absolute atomic E-state index is 0.146. The maximum Gasteiger partial charge on any atom is 0.321 e. The zero-order chi connectivity index (χ0) is 22.1. The Labute approximate surface area is 185 Å². The average molecular weight is 445 g/mol. The van der Waals surface area contributed by atoms with Crippen LogP contribution in [0.4, 0.5) is 10.5 Å². The number of anilines is 1. The lowest BCUT2D eigenvalue weighted by Gasteiger charge is -2.37. The Hall–Kier alpha value is -2.65. The van der Waals surface area contributed by atoms with Crippen molar-refractivity contribution in [3.8, 4) is 0 Å². The summed E-state index contributed by atoms with van der Waals surface area (Å²) in [7, 11) is 1.69. The fourth-order valence-electron chi connectivity index (χ4n) is 4.12. The Morgan fingerprint density at radius 3 is 2.68 bits per heavy atom. The Kier molecular flexibility index (Phi) is 6.15. The third-order valence-corrected chi connectivity index (χ3v) is 6.06. The number of fused-ring (bicyclic) bond motifs is 1. The third-order valence-electron chi connectivity index (χ3n) is 5.81. The molecular weight excluding hydrogens is 420 g/mol. The Morgan fingerprint density at radius 1 is 1.23 bits per heavy atom. The molecule has 0 aromatic heterocycles. The summed E-state index contributed by atoms with van der Waals surface area (Å²) >= 11 is 5.88. The molecule has 2 aromatic rings. The zero-order valence-electron chi connectivity index (χ0n) is 17.1. The largest absolute Gasteiger partial charge is 0.379 e. The predicted octanol–water partition coefficient (Wildman–Crippen LogP) is 2.35. The second-order valence-corrected chi connectivity index (χ2v) is 8.38. The first-order valence-electron chi connectivity index (χ1n) is 10.1. The molecule has 3 unspecified atom stereocenters. The molecule has 8 nitrogen and oxygen atoms in total. The van der Waals surface area contributed by atoms with Crippen LogP contribution >= 0.6 is 11.6 Å². The van der Waals surface area contributed by atoms with Gasteiger partial charge in [0.15, 0.2) is 0 Å². The van der Waals surface area contributed by atoms with Gasteiger partial charge in [-0.1, -0.05) is 23.7 Å². The second kappa shape index (κ2) is 8.84. The molecule has 2 aromatic carbocycles. The number of urea groups is 1. The van der Waals surface area contributed by atoms with E-state index in [0.29, 0.717) is 42.2 Å². The number of piperidine rings is 1. The first-order valence-corrected chi connectivity index (χ1v) is 10.5. The van der Waals surface area contributed by atoms with Gasteiger partial charge < -0.3 is 25.3 Å². The van der Waals surface area contributed by atoms with Crippen LogP contribution in [0.1, 0.15) is 34.3 Å². The Balaban J connectivity index is 1.47. The minimum Gasteiger partial charge on any atom is -0.379 e. The normalized spacial score (nSPS) is 22.9. The van der Waals surface area contributed by atoms with Gasteiger partial charge in [0.05, 0.1) is 6.04 Å². The molecular formula is C22H25ClN4O4. The van der Waals surface area contributed by atoms with E-state index in [1.807, 2.05) is 6.07 Å². The highest BCUT2D eigenvalue weighted by Gasteiger charge is 2.39. The molecule has 164 valence electrons. The van der Waals surface area contributed by atoms with E-state index < -0.39 is 18.5 Å². The molecule has 0 aliphatic carbocycles. The zero-order valence-corrected chi connectivity index (χ0v) is 17.8. The van der Waals surface area contributed by atoms with Gasteiger partial charge in [0.2, 0.25) is 0 Å². The molecule has 3 amide bonds. The molecule has 3 atom stereocenters. The summed E-state index contributed by atoms with van der Waals surface area (Å²) in [6.07, 6.45) is -0.788. The van der Waals surface area contributed by atoms with Crippen molar-refractivity contribution >= 4 is 29.2 Å². The molecule has 0 spiro atoms. The van der Waals surface area contributed by atoms with Crippen molar-refractivity contribution in [3.63, 3.8) is 0 Å². The lowest BCUT2D eigenvalue weighted by atomic mass is 10.0. The molecule has 2 aliphatic heterocycles. The predicted molar refractivity (Wildman–Crippen MR) is 116 cm³/mol. The first kappa shape index (κ1) is 21.6. The summed E-state index contributed by atoms with van der Waals surface area (Å²) < 4.78 is 0. The van der Waals surface area contributed by atoms with Gasteiger partial charge in [-0.25, -0.2) is 4.79 Å². The molecule has 2 aliphatic rings. The number of nitrogens with one attached hydrogen (secondary N) is 2. The fourth-order valence-corrected chi connectivity index (χ4v) is 4.24. The van der Waals surface area contributed by atoms with Crippen LogP contribution in [0.25, 0.3) is 0 Å². The van der Waals surface area contributed by atoms with E-state index >= 15 is 0 Å².